The van der Waals surface area contributed by atoms with Gasteiger partial charge in [-0.2, -0.15) is 0 Å². The van der Waals surface area contributed by atoms with Crippen LogP contribution in [0.25, 0.3) is 0 Å². The molecule has 0 aromatic carbocycles. The predicted octanol–water partition coefficient (Wildman–Crippen LogP) is 0.901. The largest absolute Gasteiger partial charge is 0.356 e. The van der Waals surface area contributed by atoms with E-state index in [-0.39, 0.29) is 5.91 Å². The molecule has 0 bridgehead atoms. The van der Waals surface area contributed by atoms with Crippen LogP contribution in [0.1, 0.15) is 32.6 Å². The second kappa shape index (κ2) is 4.30. The van der Waals surface area contributed by atoms with Gasteiger partial charge in [0.15, 0.2) is 0 Å². The first kappa shape index (κ1) is 9.97. The molecule has 2 aliphatic carbocycles. The maximum Gasteiger partial charge on any atom is 0.221 e. The molecule has 3 heteroatoms. The lowest BCUT2D eigenvalue weighted by molar-refractivity contribution is -0.121. The van der Waals surface area contributed by atoms with Crippen LogP contribution in [0.5, 0.6) is 0 Å². The van der Waals surface area contributed by atoms with Gasteiger partial charge in [0.25, 0.3) is 0 Å². The molecule has 0 aromatic heterocycles. The van der Waals surface area contributed by atoms with Gasteiger partial charge in [0.05, 0.1) is 0 Å². The van der Waals surface area contributed by atoms with Gasteiger partial charge in [0, 0.05) is 25.6 Å². The van der Waals surface area contributed by atoms with Crippen LogP contribution in [-0.2, 0) is 4.79 Å². The summed E-state index contributed by atoms with van der Waals surface area (Å²) in [7, 11) is 0. The van der Waals surface area contributed by atoms with Crippen LogP contribution in [0.4, 0.5) is 0 Å². The zero-order valence-electron chi connectivity index (χ0n) is 8.88. The Morgan fingerprint density at radius 3 is 2.71 bits per heavy atom. The summed E-state index contributed by atoms with van der Waals surface area (Å²) in [6.07, 6.45) is 4.51. The molecule has 3 nitrogen and oxygen atoms in total. The lowest BCUT2D eigenvalue weighted by atomic mass is 10.3. The van der Waals surface area contributed by atoms with E-state index in [0.29, 0.717) is 12.5 Å². The summed E-state index contributed by atoms with van der Waals surface area (Å²) < 4.78 is 0. The van der Waals surface area contributed by atoms with Crippen molar-refractivity contribution in [3.63, 3.8) is 0 Å². The molecule has 0 aliphatic heterocycles. The molecule has 0 spiro atoms. The monoisotopic (exact) mass is 196 g/mol. The van der Waals surface area contributed by atoms with Gasteiger partial charge in [-0.15, -0.1) is 0 Å². The highest BCUT2D eigenvalue weighted by molar-refractivity contribution is 5.76. The number of rotatable bonds is 6. The van der Waals surface area contributed by atoms with Crippen LogP contribution < -0.4 is 10.6 Å². The van der Waals surface area contributed by atoms with Crippen LogP contribution in [0.2, 0.25) is 0 Å². The SMILES string of the molecule is CC1CC1CNC(=O)CCNC1CC1. The van der Waals surface area contributed by atoms with E-state index in [1.165, 1.54) is 19.3 Å². The van der Waals surface area contributed by atoms with Gasteiger partial charge >= 0.3 is 0 Å². The van der Waals surface area contributed by atoms with E-state index in [1.54, 1.807) is 0 Å². The molecular formula is C11H20N2O. The van der Waals surface area contributed by atoms with Crippen LogP contribution >= 0.6 is 0 Å². The van der Waals surface area contributed by atoms with Gasteiger partial charge in [-0.25, -0.2) is 0 Å². The molecule has 1 amide bonds. The third-order valence-corrected chi connectivity index (χ3v) is 3.20. The lowest BCUT2D eigenvalue weighted by Gasteiger charge is -2.04. The Balaban J connectivity index is 1.45. The first-order chi connectivity index (χ1) is 6.75. The number of amides is 1. The normalized spacial score (nSPS) is 30.1. The minimum Gasteiger partial charge on any atom is -0.356 e. The van der Waals surface area contributed by atoms with Crippen LogP contribution in [0.3, 0.4) is 0 Å². The van der Waals surface area contributed by atoms with E-state index in [2.05, 4.69) is 17.6 Å². The molecule has 0 radical (unpaired) electrons. The summed E-state index contributed by atoms with van der Waals surface area (Å²) in [5.74, 6) is 1.80. The van der Waals surface area contributed by atoms with Gasteiger partial charge in [0.1, 0.15) is 0 Å². The Bertz CT molecular complexity index is 213. The van der Waals surface area contributed by atoms with Crippen LogP contribution in [-0.4, -0.2) is 25.0 Å². The second-order valence-corrected chi connectivity index (χ2v) is 4.76. The van der Waals surface area contributed by atoms with E-state index >= 15 is 0 Å². The fourth-order valence-corrected chi connectivity index (χ4v) is 1.69. The van der Waals surface area contributed by atoms with Gasteiger partial charge in [-0.3, -0.25) is 4.79 Å². The van der Waals surface area contributed by atoms with Crippen molar-refractivity contribution < 1.29 is 4.79 Å². The van der Waals surface area contributed by atoms with Crippen molar-refractivity contribution in [2.45, 2.75) is 38.6 Å². The van der Waals surface area contributed by atoms with Gasteiger partial charge < -0.3 is 10.6 Å². The molecular weight excluding hydrogens is 176 g/mol. The van der Waals surface area contributed by atoms with Crippen LogP contribution in [0.15, 0.2) is 0 Å². The zero-order valence-corrected chi connectivity index (χ0v) is 8.88. The Morgan fingerprint density at radius 1 is 1.43 bits per heavy atom. The zero-order chi connectivity index (χ0) is 9.97. The van der Waals surface area contributed by atoms with Crippen molar-refractivity contribution in [2.75, 3.05) is 13.1 Å². The summed E-state index contributed by atoms with van der Waals surface area (Å²) in [5, 5.41) is 6.33. The average Bonchev–Trinajstić information content (AvgIpc) is 3.01. The van der Waals surface area contributed by atoms with E-state index in [1.807, 2.05) is 0 Å². The predicted molar refractivity (Wildman–Crippen MR) is 55.9 cm³/mol. The van der Waals surface area contributed by atoms with Crippen LogP contribution in [0, 0.1) is 11.8 Å². The Morgan fingerprint density at radius 2 is 2.14 bits per heavy atom. The summed E-state index contributed by atoms with van der Waals surface area (Å²) >= 11 is 0. The first-order valence-electron chi connectivity index (χ1n) is 5.76. The van der Waals surface area contributed by atoms with Crippen molar-refractivity contribution in [3.8, 4) is 0 Å². The number of hydrogen-bond acceptors (Lipinski definition) is 2. The molecule has 2 saturated carbocycles. The number of carbonyl (C=O) groups is 1. The third-order valence-electron chi connectivity index (χ3n) is 3.20. The molecule has 2 rings (SSSR count). The average molecular weight is 196 g/mol. The molecule has 2 unspecified atom stereocenters. The van der Waals surface area contributed by atoms with Crippen molar-refractivity contribution >= 4 is 5.91 Å². The van der Waals surface area contributed by atoms with Gasteiger partial charge in [-0.1, -0.05) is 6.92 Å². The maximum atomic E-state index is 11.3. The van der Waals surface area contributed by atoms with Crippen molar-refractivity contribution in [1.29, 1.82) is 0 Å². The third kappa shape index (κ3) is 3.29. The maximum absolute atomic E-state index is 11.3. The minimum absolute atomic E-state index is 0.206. The standard InChI is InChI=1S/C11H20N2O/c1-8-6-9(8)7-13-11(14)4-5-12-10-2-3-10/h8-10,12H,2-7H2,1H3,(H,13,14). The molecule has 0 aromatic rings. The smallest absolute Gasteiger partial charge is 0.221 e. The van der Waals surface area contributed by atoms with Crippen molar-refractivity contribution in [1.82, 2.24) is 10.6 Å². The highest BCUT2D eigenvalue weighted by atomic mass is 16.1. The van der Waals surface area contributed by atoms with Gasteiger partial charge in [-0.05, 0) is 31.1 Å². The fourth-order valence-electron chi connectivity index (χ4n) is 1.69. The highest BCUT2D eigenvalue weighted by Crippen LogP contribution is 2.36. The quantitative estimate of drug-likeness (QED) is 0.662. The summed E-state index contributed by atoms with van der Waals surface area (Å²) in [4.78, 5) is 11.3. The minimum atomic E-state index is 0.206. The molecule has 2 atom stereocenters. The van der Waals surface area contributed by atoms with Gasteiger partial charge in [0.2, 0.25) is 5.91 Å². The molecule has 2 aliphatic rings. The summed E-state index contributed by atoms with van der Waals surface area (Å²) in [5.41, 5.74) is 0. The molecule has 14 heavy (non-hydrogen) atoms. The summed E-state index contributed by atoms with van der Waals surface area (Å²) in [6.45, 7) is 3.98. The number of carbonyl (C=O) groups excluding carboxylic acids is 1. The fraction of sp³-hybridized carbons (Fsp3) is 0.909. The summed E-state index contributed by atoms with van der Waals surface area (Å²) in [6, 6.07) is 0.714. The topological polar surface area (TPSA) is 41.1 Å². The first-order valence-corrected chi connectivity index (χ1v) is 5.76. The van der Waals surface area contributed by atoms with E-state index in [9.17, 15) is 4.79 Å². The second-order valence-electron chi connectivity index (χ2n) is 4.76. The molecule has 2 fully saturated rings. The lowest BCUT2D eigenvalue weighted by Crippen LogP contribution is -2.29. The highest BCUT2D eigenvalue weighted by Gasteiger charge is 2.32. The Hall–Kier alpha value is -0.570. The number of nitrogens with one attached hydrogen (secondary N) is 2. The Kier molecular flexibility index (Phi) is 3.06. The molecule has 2 N–H and O–H groups in total. The van der Waals surface area contributed by atoms with E-state index in [4.69, 9.17) is 0 Å². The van der Waals surface area contributed by atoms with Crippen molar-refractivity contribution in [3.05, 3.63) is 0 Å². The molecule has 80 valence electrons. The van der Waals surface area contributed by atoms with Crippen molar-refractivity contribution in [2.24, 2.45) is 11.8 Å². The Labute approximate surface area is 85.6 Å². The number of hydrogen-bond donors (Lipinski definition) is 2. The molecule has 0 heterocycles. The molecule has 0 saturated heterocycles. The van der Waals surface area contributed by atoms with E-state index in [0.717, 1.165) is 24.9 Å². The van der Waals surface area contributed by atoms with E-state index < -0.39 is 0 Å².